The van der Waals surface area contributed by atoms with Crippen LogP contribution in [0.1, 0.15) is 40.5 Å². The van der Waals surface area contributed by atoms with Gasteiger partial charge >= 0.3 is 12.1 Å². The minimum Gasteiger partial charge on any atom is -0.467 e. The van der Waals surface area contributed by atoms with E-state index in [1.165, 1.54) is 12.0 Å². The van der Waals surface area contributed by atoms with E-state index in [1.807, 2.05) is 6.92 Å². The Hall–Kier alpha value is -1.30. The molecule has 0 bridgehead atoms. The normalized spacial score (nSPS) is 22.8. The van der Waals surface area contributed by atoms with E-state index in [9.17, 15) is 9.59 Å². The van der Waals surface area contributed by atoms with Crippen LogP contribution in [0, 0.1) is 0 Å². The minimum absolute atomic E-state index is 0.147. The van der Waals surface area contributed by atoms with Crippen molar-refractivity contribution in [1.82, 2.24) is 4.90 Å². The van der Waals surface area contributed by atoms with Gasteiger partial charge in [-0.2, -0.15) is 0 Å². The van der Waals surface area contributed by atoms with Crippen LogP contribution in [0.3, 0.4) is 0 Å². The quantitative estimate of drug-likeness (QED) is 0.740. The molecule has 1 fully saturated rings. The van der Waals surface area contributed by atoms with Crippen LogP contribution in [-0.4, -0.2) is 55.0 Å². The number of esters is 1. The summed E-state index contributed by atoms with van der Waals surface area (Å²) in [5, 5.41) is 0. The fourth-order valence-corrected chi connectivity index (χ4v) is 2.08. The van der Waals surface area contributed by atoms with Crippen molar-refractivity contribution in [3.63, 3.8) is 0 Å². The zero-order valence-corrected chi connectivity index (χ0v) is 13.0. The van der Waals surface area contributed by atoms with Gasteiger partial charge < -0.3 is 14.2 Å². The Balaban J connectivity index is 2.73. The number of methoxy groups -OCH3 is 1. The maximum Gasteiger partial charge on any atom is 0.411 e. The number of amides is 1. The van der Waals surface area contributed by atoms with E-state index in [0.717, 1.165) is 6.42 Å². The molecule has 116 valence electrons. The predicted molar refractivity (Wildman–Crippen MR) is 73.4 cm³/mol. The lowest BCUT2D eigenvalue weighted by Crippen LogP contribution is -2.44. The third-order valence-electron chi connectivity index (χ3n) is 2.92. The molecular weight excluding hydrogens is 262 g/mol. The average molecular weight is 287 g/mol. The van der Waals surface area contributed by atoms with Crippen molar-refractivity contribution in [3.8, 4) is 0 Å². The molecule has 20 heavy (non-hydrogen) atoms. The topological polar surface area (TPSA) is 65.1 Å². The van der Waals surface area contributed by atoms with Gasteiger partial charge in [0, 0.05) is 13.0 Å². The summed E-state index contributed by atoms with van der Waals surface area (Å²) in [6, 6.07) is -0.628. The molecule has 0 aromatic heterocycles. The summed E-state index contributed by atoms with van der Waals surface area (Å²) in [6.07, 6.45) is 0.694. The number of ether oxygens (including phenoxy) is 3. The number of hydrogen-bond donors (Lipinski definition) is 0. The van der Waals surface area contributed by atoms with E-state index in [-0.39, 0.29) is 6.10 Å². The molecule has 6 heteroatoms. The van der Waals surface area contributed by atoms with Gasteiger partial charge in [-0.3, -0.25) is 4.90 Å². The molecule has 6 nitrogen and oxygen atoms in total. The van der Waals surface area contributed by atoms with Gasteiger partial charge in [0.2, 0.25) is 0 Å². The van der Waals surface area contributed by atoms with Crippen molar-refractivity contribution in [1.29, 1.82) is 0 Å². The van der Waals surface area contributed by atoms with Crippen LogP contribution in [0.15, 0.2) is 0 Å². The van der Waals surface area contributed by atoms with Crippen LogP contribution in [0.5, 0.6) is 0 Å². The second-order valence-electron chi connectivity index (χ2n) is 5.90. The molecule has 2 atom stereocenters. The monoisotopic (exact) mass is 287 g/mol. The van der Waals surface area contributed by atoms with Crippen molar-refractivity contribution in [2.24, 2.45) is 0 Å². The number of hydrogen-bond acceptors (Lipinski definition) is 5. The lowest BCUT2D eigenvalue weighted by atomic mass is 10.2. The molecule has 1 aliphatic heterocycles. The maximum absolute atomic E-state index is 12.2. The number of rotatable bonds is 4. The van der Waals surface area contributed by atoms with Crippen LogP contribution in [-0.2, 0) is 19.0 Å². The van der Waals surface area contributed by atoms with Crippen LogP contribution >= 0.6 is 0 Å². The highest BCUT2D eigenvalue weighted by molar-refractivity contribution is 5.82. The van der Waals surface area contributed by atoms with E-state index >= 15 is 0 Å². The first kappa shape index (κ1) is 16.8. The molecule has 0 unspecified atom stereocenters. The van der Waals surface area contributed by atoms with Crippen LogP contribution in [0.25, 0.3) is 0 Å². The van der Waals surface area contributed by atoms with Gasteiger partial charge in [0.15, 0.2) is 0 Å². The first-order chi connectivity index (χ1) is 9.28. The molecule has 1 heterocycles. The maximum atomic E-state index is 12.2. The van der Waals surface area contributed by atoms with Gasteiger partial charge in [0.25, 0.3) is 0 Å². The zero-order chi connectivity index (χ0) is 15.3. The molecule has 1 rings (SSSR count). The third-order valence-corrected chi connectivity index (χ3v) is 2.92. The van der Waals surface area contributed by atoms with E-state index in [4.69, 9.17) is 14.2 Å². The molecule has 1 saturated heterocycles. The average Bonchev–Trinajstić information content (AvgIpc) is 2.77. The number of carbonyl (C=O) groups excluding carboxylic acids is 2. The van der Waals surface area contributed by atoms with Gasteiger partial charge in [0.1, 0.15) is 11.6 Å². The summed E-state index contributed by atoms with van der Waals surface area (Å²) in [7, 11) is 1.32. The van der Waals surface area contributed by atoms with Gasteiger partial charge in [-0.15, -0.1) is 0 Å². The Morgan fingerprint density at radius 1 is 1.30 bits per heavy atom. The largest absolute Gasteiger partial charge is 0.467 e. The van der Waals surface area contributed by atoms with E-state index < -0.39 is 23.7 Å². The molecule has 0 aliphatic carbocycles. The molecule has 0 saturated carbocycles. The Bertz CT molecular complexity index is 350. The molecular formula is C14H25NO5. The molecule has 0 aromatic rings. The van der Waals surface area contributed by atoms with Gasteiger partial charge in [-0.25, -0.2) is 9.59 Å². The fraction of sp³-hybridized carbons (Fsp3) is 0.857. The van der Waals surface area contributed by atoms with Crippen molar-refractivity contribution in [3.05, 3.63) is 0 Å². The molecule has 0 radical (unpaired) electrons. The molecule has 1 aliphatic rings. The first-order valence-electron chi connectivity index (χ1n) is 6.97. The second kappa shape index (κ2) is 6.92. The smallest absolute Gasteiger partial charge is 0.411 e. The Morgan fingerprint density at radius 3 is 2.45 bits per heavy atom. The summed E-state index contributed by atoms with van der Waals surface area (Å²) in [4.78, 5) is 25.3. The van der Waals surface area contributed by atoms with E-state index in [2.05, 4.69) is 0 Å². The fourth-order valence-electron chi connectivity index (χ4n) is 2.08. The highest BCUT2D eigenvalue weighted by atomic mass is 16.6. The Labute approximate surface area is 120 Å². The zero-order valence-electron chi connectivity index (χ0n) is 13.0. The first-order valence-corrected chi connectivity index (χ1v) is 6.97. The van der Waals surface area contributed by atoms with Crippen molar-refractivity contribution >= 4 is 12.1 Å². The number of nitrogens with zero attached hydrogens (tertiary/aromatic N) is 1. The standard InChI is InChI=1S/C14H25NO5/c1-6-7-19-10-8-11(12(16)18-5)15(9-10)13(17)20-14(2,3)4/h10-11H,6-9H2,1-5H3/t10-,11-/m0/s1. The van der Waals surface area contributed by atoms with Crippen LogP contribution in [0.4, 0.5) is 4.79 Å². The van der Waals surface area contributed by atoms with Crippen LogP contribution in [0.2, 0.25) is 0 Å². The predicted octanol–water partition coefficient (Wildman–Crippen LogP) is 1.96. The summed E-state index contributed by atoms with van der Waals surface area (Å²) in [6.45, 7) is 8.35. The number of likely N-dealkylation sites (tertiary alicyclic amines) is 1. The van der Waals surface area contributed by atoms with Crippen LogP contribution < -0.4 is 0 Å². The van der Waals surface area contributed by atoms with Gasteiger partial charge in [-0.05, 0) is 27.2 Å². The molecule has 0 spiro atoms. The molecule has 0 aromatic carbocycles. The van der Waals surface area contributed by atoms with E-state index in [1.54, 1.807) is 20.8 Å². The van der Waals surface area contributed by atoms with Crippen molar-refractivity contribution < 1.29 is 23.8 Å². The summed E-state index contributed by atoms with van der Waals surface area (Å²) < 4.78 is 15.7. The Kier molecular flexibility index (Phi) is 5.80. The highest BCUT2D eigenvalue weighted by Crippen LogP contribution is 2.24. The van der Waals surface area contributed by atoms with Gasteiger partial charge in [-0.1, -0.05) is 6.92 Å². The number of carbonyl (C=O) groups is 2. The lowest BCUT2D eigenvalue weighted by Gasteiger charge is -2.27. The second-order valence-corrected chi connectivity index (χ2v) is 5.90. The SMILES string of the molecule is CCCO[C@H]1C[C@@H](C(=O)OC)N(C(=O)OC(C)(C)C)C1. The molecule has 0 N–H and O–H groups in total. The van der Waals surface area contributed by atoms with Crippen molar-refractivity contribution in [2.75, 3.05) is 20.3 Å². The lowest BCUT2D eigenvalue weighted by molar-refractivity contribution is -0.145. The highest BCUT2D eigenvalue weighted by Gasteiger charge is 2.42. The van der Waals surface area contributed by atoms with Crippen molar-refractivity contribution in [2.45, 2.75) is 58.3 Å². The summed E-state index contributed by atoms with van der Waals surface area (Å²) in [5.41, 5.74) is -0.597. The van der Waals surface area contributed by atoms with Gasteiger partial charge in [0.05, 0.1) is 19.8 Å². The Morgan fingerprint density at radius 2 is 1.95 bits per heavy atom. The third kappa shape index (κ3) is 4.67. The minimum atomic E-state index is -0.628. The summed E-state index contributed by atoms with van der Waals surface area (Å²) >= 11 is 0. The summed E-state index contributed by atoms with van der Waals surface area (Å²) in [5.74, 6) is -0.432. The molecule has 1 amide bonds. The van der Waals surface area contributed by atoms with E-state index in [0.29, 0.717) is 19.6 Å².